The number of hydrogen-bond acceptors (Lipinski definition) is 2. The van der Waals surface area contributed by atoms with E-state index in [0.717, 1.165) is 21.4 Å². The van der Waals surface area contributed by atoms with Crippen molar-refractivity contribution in [2.24, 2.45) is 0 Å². The SMILES string of the molecule is CN(C)C(=O)C[NH+](C)CC(=O)Nc1cccc2ccccc12. The number of hydrogen-bond donors (Lipinski definition) is 2. The molecule has 2 N–H and O–H groups in total. The van der Waals surface area contributed by atoms with E-state index in [0.29, 0.717) is 6.54 Å². The first kappa shape index (κ1) is 16.0. The highest BCUT2D eigenvalue weighted by Gasteiger charge is 2.15. The summed E-state index contributed by atoms with van der Waals surface area (Å²) in [6, 6.07) is 13.7. The number of carbonyl (C=O) groups is 2. The Balaban J connectivity index is 2.01. The van der Waals surface area contributed by atoms with E-state index in [1.807, 2.05) is 49.5 Å². The summed E-state index contributed by atoms with van der Waals surface area (Å²) in [5, 5.41) is 5.03. The second-order valence-corrected chi connectivity index (χ2v) is 5.67. The lowest BCUT2D eigenvalue weighted by Gasteiger charge is -2.16. The molecule has 0 fully saturated rings. The molecule has 2 rings (SSSR count). The zero-order chi connectivity index (χ0) is 16.1. The minimum absolute atomic E-state index is 0.00969. The van der Waals surface area contributed by atoms with Crippen LogP contribution in [0.2, 0.25) is 0 Å². The van der Waals surface area contributed by atoms with E-state index in [9.17, 15) is 9.59 Å². The number of likely N-dealkylation sites (N-methyl/N-ethyl adjacent to an activating group) is 2. The van der Waals surface area contributed by atoms with Crippen LogP contribution in [0.1, 0.15) is 0 Å². The molecule has 0 saturated carbocycles. The summed E-state index contributed by atoms with van der Waals surface area (Å²) in [5.74, 6) is -0.0872. The molecule has 1 atom stereocenters. The fourth-order valence-corrected chi connectivity index (χ4v) is 2.28. The molecule has 0 spiro atoms. The lowest BCUT2D eigenvalue weighted by Crippen LogP contribution is -3.11. The quantitative estimate of drug-likeness (QED) is 0.839. The van der Waals surface area contributed by atoms with Gasteiger partial charge in [-0.05, 0) is 11.5 Å². The smallest absolute Gasteiger partial charge is 0.279 e. The molecule has 0 radical (unpaired) electrons. The summed E-state index contributed by atoms with van der Waals surface area (Å²) in [4.78, 5) is 26.2. The molecule has 1 unspecified atom stereocenters. The van der Waals surface area contributed by atoms with Crippen LogP contribution in [0.3, 0.4) is 0 Å². The number of fused-ring (bicyclic) bond motifs is 1. The summed E-state index contributed by atoms with van der Waals surface area (Å²) in [6.45, 7) is 0.554. The Labute approximate surface area is 130 Å². The van der Waals surface area contributed by atoms with Gasteiger partial charge in [0.05, 0.1) is 7.05 Å². The molecule has 2 aromatic rings. The third-order valence-electron chi connectivity index (χ3n) is 3.48. The second-order valence-electron chi connectivity index (χ2n) is 5.67. The fraction of sp³-hybridized carbons (Fsp3) is 0.294. The largest absolute Gasteiger partial charge is 0.344 e. The van der Waals surface area contributed by atoms with Gasteiger partial charge in [0.1, 0.15) is 0 Å². The van der Waals surface area contributed by atoms with Gasteiger partial charge in [-0.2, -0.15) is 0 Å². The number of nitrogens with zero attached hydrogens (tertiary/aromatic N) is 1. The van der Waals surface area contributed by atoms with Gasteiger partial charge in [0.15, 0.2) is 13.1 Å². The van der Waals surface area contributed by atoms with Crippen LogP contribution in [0.15, 0.2) is 42.5 Å². The van der Waals surface area contributed by atoms with Crippen molar-refractivity contribution in [3.63, 3.8) is 0 Å². The van der Waals surface area contributed by atoms with Gasteiger partial charge in [-0.15, -0.1) is 0 Å². The van der Waals surface area contributed by atoms with E-state index in [1.165, 1.54) is 4.90 Å². The first-order chi connectivity index (χ1) is 10.5. The molecule has 0 heterocycles. The Morgan fingerprint density at radius 1 is 1.05 bits per heavy atom. The van der Waals surface area contributed by atoms with E-state index in [-0.39, 0.29) is 18.4 Å². The minimum atomic E-state index is -0.0968. The molecule has 0 aliphatic heterocycles. The Kier molecular flexibility index (Phi) is 5.12. The van der Waals surface area contributed by atoms with Gasteiger partial charge >= 0.3 is 0 Å². The molecule has 2 amide bonds. The summed E-state index contributed by atoms with van der Waals surface area (Å²) < 4.78 is 0. The molecule has 5 nitrogen and oxygen atoms in total. The first-order valence-corrected chi connectivity index (χ1v) is 7.26. The number of quaternary nitrogens is 1. The maximum absolute atomic E-state index is 12.2. The van der Waals surface area contributed by atoms with Crippen LogP contribution in [0.5, 0.6) is 0 Å². The van der Waals surface area contributed by atoms with Crippen molar-refractivity contribution in [2.75, 3.05) is 39.5 Å². The maximum Gasteiger partial charge on any atom is 0.279 e. The van der Waals surface area contributed by atoms with Crippen LogP contribution in [0.4, 0.5) is 5.69 Å². The van der Waals surface area contributed by atoms with Crippen LogP contribution in [0, 0.1) is 0 Å². The van der Waals surface area contributed by atoms with Crippen molar-refractivity contribution in [1.82, 2.24) is 4.90 Å². The van der Waals surface area contributed by atoms with Crippen LogP contribution in [0.25, 0.3) is 10.8 Å². The molecule has 2 aromatic carbocycles. The van der Waals surface area contributed by atoms with Gasteiger partial charge in [-0.1, -0.05) is 36.4 Å². The summed E-state index contributed by atoms with van der Waals surface area (Å²) in [6.07, 6.45) is 0. The van der Waals surface area contributed by atoms with Crippen LogP contribution in [-0.2, 0) is 9.59 Å². The van der Waals surface area contributed by atoms with Crippen LogP contribution in [-0.4, -0.2) is 50.9 Å². The number of anilines is 1. The number of nitrogens with one attached hydrogen (secondary N) is 2. The lowest BCUT2D eigenvalue weighted by molar-refractivity contribution is -0.862. The minimum Gasteiger partial charge on any atom is -0.344 e. The van der Waals surface area contributed by atoms with Crippen molar-refractivity contribution in [3.05, 3.63) is 42.5 Å². The highest BCUT2D eigenvalue weighted by molar-refractivity contribution is 6.02. The first-order valence-electron chi connectivity index (χ1n) is 7.26. The highest BCUT2D eigenvalue weighted by atomic mass is 16.2. The van der Waals surface area contributed by atoms with E-state index in [4.69, 9.17) is 0 Å². The molecule has 0 aliphatic carbocycles. The van der Waals surface area contributed by atoms with Crippen LogP contribution < -0.4 is 10.2 Å². The normalized spacial score (nSPS) is 12.0. The monoisotopic (exact) mass is 300 g/mol. The van der Waals surface area contributed by atoms with Gasteiger partial charge in [0, 0.05) is 25.2 Å². The number of carbonyl (C=O) groups excluding carboxylic acids is 2. The third-order valence-corrected chi connectivity index (χ3v) is 3.48. The van der Waals surface area contributed by atoms with E-state index >= 15 is 0 Å². The van der Waals surface area contributed by atoms with Gasteiger partial charge in [-0.3, -0.25) is 9.59 Å². The number of amides is 2. The highest BCUT2D eigenvalue weighted by Crippen LogP contribution is 2.22. The van der Waals surface area contributed by atoms with Crippen LogP contribution >= 0.6 is 0 Å². The van der Waals surface area contributed by atoms with Crippen molar-refractivity contribution in [1.29, 1.82) is 0 Å². The van der Waals surface area contributed by atoms with Gasteiger partial charge in [-0.25, -0.2) is 0 Å². The topological polar surface area (TPSA) is 53.9 Å². The van der Waals surface area contributed by atoms with Gasteiger partial charge in [0.2, 0.25) is 0 Å². The third kappa shape index (κ3) is 4.05. The average molecular weight is 300 g/mol. The molecule has 0 aliphatic rings. The van der Waals surface area contributed by atoms with E-state index in [2.05, 4.69) is 5.32 Å². The predicted molar refractivity (Wildman–Crippen MR) is 87.9 cm³/mol. The Bertz CT molecular complexity index is 677. The number of rotatable bonds is 5. The van der Waals surface area contributed by atoms with Crippen molar-refractivity contribution >= 4 is 28.3 Å². The molecule has 5 heteroatoms. The molecular weight excluding hydrogens is 278 g/mol. The summed E-state index contributed by atoms with van der Waals surface area (Å²) in [7, 11) is 5.27. The molecular formula is C17H22N3O2+. The number of benzene rings is 2. The van der Waals surface area contributed by atoms with Gasteiger partial charge in [0.25, 0.3) is 11.8 Å². The van der Waals surface area contributed by atoms with Crippen molar-refractivity contribution < 1.29 is 14.5 Å². The molecule has 0 aromatic heterocycles. The Morgan fingerprint density at radius 3 is 2.45 bits per heavy atom. The van der Waals surface area contributed by atoms with Crippen molar-refractivity contribution in [3.8, 4) is 0 Å². The second kappa shape index (κ2) is 7.04. The average Bonchev–Trinajstić information content (AvgIpc) is 2.47. The maximum atomic E-state index is 12.2. The molecule has 0 bridgehead atoms. The summed E-state index contributed by atoms with van der Waals surface area (Å²) in [5.41, 5.74) is 0.801. The lowest BCUT2D eigenvalue weighted by atomic mass is 10.1. The van der Waals surface area contributed by atoms with Crippen molar-refractivity contribution in [2.45, 2.75) is 0 Å². The molecule has 116 valence electrons. The van der Waals surface area contributed by atoms with Gasteiger partial charge < -0.3 is 15.1 Å². The Hall–Kier alpha value is -2.40. The zero-order valence-corrected chi connectivity index (χ0v) is 13.2. The predicted octanol–water partition coefficient (Wildman–Crippen LogP) is 0.381. The standard InChI is InChI=1S/C17H21N3O2/c1-19(2)17(22)12-20(3)11-16(21)18-15-10-6-8-13-7-4-5-9-14(13)15/h4-10H,11-12H2,1-3H3,(H,18,21)/p+1. The molecule has 22 heavy (non-hydrogen) atoms. The molecule has 0 saturated heterocycles. The van der Waals surface area contributed by atoms with E-state index < -0.39 is 0 Å². The zero-order valence-electron chi connectivity index (χ0n) is 13.2. The van der Waals surface area contributed by atoms with E-state index in [1.54, 1.807) is 14.1 Å². The fourth-order valence-electron chi connectivity index (χ4n) is 2.28. The Morgan fingerprint density at radius 2 is 1.73 bits per heavy atom. The summed E-state index contributed by atoms with van der Waals surface area (Å²) >= 11 is 0.